The molecule has 3 aliphatic rings. The van der Waals surface area contributed by atoms with E-state index in [2.05, 4.69) is 10.6 Å². The van der Waals surface area contributed by atoms with Crippen LogP contribution in [0.1, 0.15) is 38.5 Å². The van der Waals surface area contributed by atoms with Crippen molar-refractivity contribution in [2.75, 3.05) is 19.6 Å². The lowest BCUT2D eigenvalue weighted by atomic mass is 9.84. The molecule has 2 heterocycles. The Labute approximate surface area is 85.6 Å². The third kappa shape index (κ3) is 1.38. The van der Waals surface area contributed by atoms with Gasteiger partial charge in [0, 0.05) is 19.6 Å². The zero-order valence-corrected chi connectivity index (χ0v) is 8.77. The number of hydrogen-bond acceptors (Lipinski definition) is 3. The smallest absolute Gasteiger partial charge is 0.120 e. The molecule has 0 unspecified atom stereocenters. The summed E-state index contributed by atoms with van der Waals surface area (Å²) >= 11 is 0. The summed E-state index contributed by atoms with van der Waals surface area (Å²) in [6, 6.07) is 0. The first kappa shape index (κ1) is 9.13. The summed E-state index contributed by atoms with van der Waals surface area (Å²) in [7, 11) is 0. The molecule has 14 heavy (non-hydrogen) atoms. The molecule has 0 aromatic heterocycles. The van der Waals surface area contributed by atoms with Gasteiger partial charge >= 0.3 is 0 Å². The predicted molar refractivity (Wildman–Crippen MR) is 55.1 cm³/mol. The first-order valence-corrected chi connectivity index (χ1v) is 5.99. The second kappa shape index (κ2) is 3.19. The molecule has 3 rings (SSSR count). The molecule has 0 aromatic carbocycles. The minimum Gasteiger partial charge on any atom is -0.351 e. The van der Waals surface area contributed by atoms with Crippen LogP contribution in [0.25, 0.3) is 0 Å². The van der Waals surface area contributed by atoms with E-state index in [1.165, 1.54) is 38.5 Å². The molecule has 0 amide bonds. The van der Waals surface area contributed by atoms with Crippen LogP contribution in [0.3, 0.4) is 0 Å². The Hall–Kier alpha value is -0.120. The average molecular weight is 196 g/mol. The van der Waals surface area contributed by atoms with Crippen molar-refractivity contribution in [3.05, 3.63) is 0 Å². The molecule has 2 N–H and O–H groups in total. The van der Waals surface area contributed by atoms with Gasteiger partial charge in [-0.25, -0.2) is 0 Å². The minimum absolute atomic E-state index is 0.0542. The predicted octanol–water partition coefficient (Wildman–Crippen LogP) is 0.999. The Kier molecular flexibility index (Phi) is 2.08. The number of nitrogens with one attached hydrogen (secondary N) is 2. The van der Waals surface area contributed by atoms with Crippen LogP contribution in [-0.2, 0) is 4.74 Å². The van der Waals surface area contributed by atoms with E-state index in [9.17, 15) is 0 Å². The van der Waals surface area contributed by atoms with E-state index in [0.717, 1.165) is 19.6 Å². The Morgan fingerprint density at radius 1 is 0.929 bits per heavy atom. The summed E-state index contributed by atoms with van der Waals surface area (Å²) in [5.41, 5.74) is 0.251. The Balaban J connectivity index is 1.73. The fourth-order valence-electron chi connectivity index (χ4n) is 3.07. The highest BCUT2D eigenvalue weighted by molar-refractivity contribution is 5.02. The van der Waals surface area contributed by atoms with E-state index in [1.807, 2.05) is 0 Å². The lowest BCUT2D eigenvalue weighted by Gasteiger charge is -2.54. The van der Waals surface area contributed by atoms with Crippen molar-refractivity contribution >= 4 is 0 Å². The third-order valence-electron chi connectivity index (χ3n) is 4.00. The van der Waals surface area contributed by atoms with Gasteiger partial charge < -0.3 is 10.1 Å². The molecule has 0 aromatic rings. The zero-order chi connectivity index (χ0) is 9.49. The maximum Gasteiger partial charge on any atom is 0.120 e. The molecule has 2 spiro atoms. The topological polar surface area (TPSA) is 33.3 Å². The lowest BCUT2D eigenvalue weighted by Crippen LogP contribution is -2.71. The van der Waals surface area contributed by atoms with Gasteiger partial charge in [0.05, 0.1) is 5.60 Å². The first-order chi connectivity index (χ1) is 6.83. The van der Waals surface area contributed by atoms with Crippen LogP contribution in [0, 0.1) is 0 Å². The molecule has 0 radical (unpaired) electrons. The van der Waals surface area contributed by atoms with E-state index >= 15 is 0 Å². The molecule has 3 nitrogen and oxygen atoms in total. The summed E-state index contributed by atoms with van der Waals surface area (Å²) in [4.78, 5) is 0. The lowest BCUT2D eigenvalue weighted by molar-refractivity contribution is -0.229. The van der Waals surface area contributed by atoms with Crippen molar-refractivity contribution in [3.63, 3.8) is 0 Å². The van der Waals surface area contributed by atoms with Crippen molar-refractivity contribution in [1.29, 1.82) is 0 Å². The normalized spacial score (nSPS) is 34.3. The number of rotatable bonds is 0. The maximum absolute atomic E-state index is 6.36. The van der Waals surface area contributed by atoms with Gasteiger partial charge in [-0.2, -0.15) is 0 Å². The van der Waals surface area contributed by atoms with Gasteiger partial charge in [-0.05, 0) is 32.1 Å². The molecule has 2 aliphatic heterocycles. The van der Waals surface area contributed by atoms with Crippen LogP contribution in [0.4, 0.5) is 0 Å². The highest BCUT2D eigenvalue weighted by Crippen LogP contribution is 2.38. The van der Waals surface area contributed by atoms with Crippen molar-refractivity contribution in [2.45, 2.75) is 49.9 Å². The van der Waals surface area contributed by atoms with Crippen LogP contribution in [0.5, 0.6) is 0 Å². The largest absolute Gasteiger partial charge is 0.351 e. The van der Waals surface area contributed by atoms with Crippen LogP contribution in [0.2, 0.25) is 0 Å². The molecular formula is C11H20N2O. The standard InChI is InChI=1S/C11H20N2O/c1-2-4-11(5-3-1)13-7-6-10(14-11)8-12-9-10/h12-13H,1-9H2. The third-order valence-corrected chi connectivity index (χ3v) is 4.00. The highest BCUT2D eigenvalue weighted by Gasteiger charge is 2.48. The Bertz CT molecular complexity index is 214. The van der Waals surface area contributed by atoms with Crippen molar-refractivity contribution in [1.82, 2.24) is 10.6 Å². The van der Waals surface area contributed by atoms with Crippen LogP contribution in [0.15, 0.2) is 0 Å². The SMILES string of the molecule is C1CCC2(CC1)NCCC1(CNC1)O2. The molecule has 0 bridgehead atoms. The van der Waals surface area contributed by atoms with E-state index in [1.54, 1.807) is 0 Å². The summed E-state index contributed by atoms with van der Waals surface area (Å²) in [6.45, 7) is 3.27. The molecule has 0 atom stereocenters. The first-order valence-electron chi connectivity index (χ1n) is 5.99. The van der Waals surface area contributed by atoms with E-state index in [0.29, 0.717) is 0 Å². The van der Waals surface area contributed by atoms with Gasteiger partial charge in [0.1, 0.15) is 5.72 Å². The van der Waals surface area contributed by atoms with E-state index in [-0.39, 0.29) is 11.3 Å². The van der Waals surface area contributed by atoms with Gasteiger partial charge in [-0.1, -0.05) is 6.42 Å². The van der Waals surface area contributed by atoms with Gasteiger partial charge in [0.15, 0.2) is 0 Å². The number of ether oxygens (including phenoxy) is 1. The molecule has 1 saturated carbocycles. The fourth-order valence-corrected chi connectivity index (χ4v) is 3.07. The fraction of sp³-hybridized carbons (Fsp3) is 1.00. The van der Waals surface area contributed by atoms with E-state index in [4.69, 9.17) is 4.74 Å². The van der Waals surface area contributed by atoms with Gasteiger partial charge in [0.2, 0.25) is 0 Å². The Morgan fingerprint density at radius 3 is 2.36 bits per heavy atom. The second-order valence-electron chi connectivity index (χ2n) is 5.12. The molecule has 2 saturated heterocycles. The molecule has 1 aliphatic carbocycles. The number of hydrogen-bond donors (Lipinski definition) is 2. The maximum atomic E-state index is 6.36. The van der Waals surface area contributed by atoms with Gasteiger partial charge in [-0.15, -0.1) is 0 Å². The summed E-state index contributed by atoms with van der Waals surface area (Å²) in [5, 5.41) is 6.95. The van der Waals surface area contributed by atoms with Crippen LogP contribution >= 0.6 is 0 Å². The van der Waals surface area contributed by atoms with Crippen LogP contribution in [-0.4, -0.2) is 31.0 Å². The monoisotopic (exact) mass is 196 g/mol. The highest BCUT2D eigenvalue weighted by atomic mass is 16.5. The molecule has 3 fully saturated rings. The van der Waals surface area contributed by atoms with Crippen molar-refractivity contribution in [2.24, 2.45) is 0 Å². The Morgan fingerprint density at radius 2 is 1.71 bits per heavy atom. The summed E-state index contributed by atoms with van der Waals surface area (Å²) in [5.74, 6) is 0. The van der Waals surface area contributed by atoms with Crippen molar-refractivity contribution in [3.8, 4) is 0 Å². The minimum atomic E-state index is 0.0542. The zero-order valence-electron chi connectivity index (χ0n) is 8.77. The molecule has 3 heteroatoms. The quantitative estimate of drug-likeness (QED) is 0.606. The summed E-state index contributed by atoms with van der Waals surface area (Å²) in [6.07, 6.45) is 7.66. The average Bonchev–Trinajstić information content (AvgIpc) is 2.17. The van der Waals surface area contributed by atoms with Crippen LogP contribution < -0.4 is 10.6 Å². The van der Waals surface area contributed by atoms with Gasteiger partial charge in [0.25, 0.3) is 0 Å². The second-order valence-corrected chi connectivity index (χ2v) is 5.12. The molecular weight excluding hydrogens is 176 g/mol. The molecule has 80 valence electrons. The van der Waals surface area contributed by atoms with E-state index < -0.39 is 0 Å². The summed E-state index contributed by atoms with van der Waals surface area (Å²) < 4.78 is 6.36. The van der Waals surface area contributed by atoms with Crippen molar-refractivity contribution < 1.29 is 4.74 Å². The van der Waals surface area contributed by atoms with Gasteiger partial charge in [-0.3, -0.25) is 5.32 Å².